The van der Waals surface area contributed by atoms with Gasteiger partial charge in [0.1, 0.15) is 11.2 Å². The van der Waals surface area contributed by atoms with Gasteiger partial charge in [0.15, 0.2) is 11.4 Å². The lowest BCUT2D eigenvalue weighted by Crippen LogP contribution is -2.57. The highest BCUT2D eigenvalue weighted by atomic mass is 35.5. The van der Waals surface area contributed by atoms with Crippen LogP contribution in [0.25, 0.3) is 22.3 Å². The predicted molar refractivity (Wildman–Crippen MR) is 179 cm³/mol. The Morgan fingerprint density at radius 1 is 1.09 bits per heavy atom. The first-order chi connectivity index (χ1) is 22.1. The van der Waals surface area contributed by atoms with E-state index in [1.807, 2.05) is 16.7 Å². The number of amides is 2. The molecule has 2 amide bonds. The Balaban J connectivity index is 1.26. The summed E-state index contributed by atoms with van der Waals surface area (Å²) in [5.41, 5.74) is 3.14. The normalized spacial score (nSPS) is 23.1. The maximum atomic E-state index is 13.6. The number of imidazole rings is 1. The second-order valence-electron chi connectivity index (χ2n) is 13.1. The Labute approximate surface area is 273 Å². The van der Waals surface area contributed by atoms with Gasteiger partial charge in [-0.15, -0.1) is 0 Å². The lowest BCUT2D eigenvalue weighted by molar-refractivity contribution is -0.135. The number of halogens is 1. The van der Waals surface area contributed by atoms with E-state index in [-0.39, 0.29) is 23.9 Å². The number of aliphatic hydroxyl groups is 1. The van der Waals surface area contributed by atoms with Crippen molar-refractivity contribution in [2.24, 2.45) is 0 Å². The highest BCUT2D eigenvalue weighted by Crippen LogP contribution is 2.46. The summed E-state index contributed by atoms with van der Waals surface area (Å²) >= 11 is 6.32. The summed E-state index contributed by atoms with van der Waals surface area (Å²) in [7, 11) is 1.56. The number of aromatic nitrogens is 4. The molecule has 12 heteroatoms. The molecule has 4 aromatic rings. The van der Waals surface area contributed by atoms with Crippen LogP contribution < -0.4 is 15.5 Å². The highest BCUT2D eigenvalue weighted by Gasteiger charge is 2.52. The van der Waals surface area contributed by atoms with Gasteiger partial charge in [-0.2, -0.15) is 0 Å². The molecular weight excluding hydrogens is 604 g/mol. The van der Waals surface area contributed by atoms with Gasteiger partial charge in [-0.25, -0.2) is 9.97 Å². The molecule has 7 rings (SSSR count). The molecule has 3 aromatic heterocycles. The molecule has 240 valence electrons. The number of carbonyl (C=O) groups excluding carboxylic acids is 2. The van der Waals surface area contributed by atoms with Crippen LogP contribution in [-0.4, -0.2) is 73.6 Å². The minimum Gasteiger partial charge on any atom is -0.374 e. The van der Waals surface area contributed by atoms with E-state index < -0.39 is 5.60 Å². The predicted octanol–water partition coefficient (Wildman–Crippen LogP) is 5.40. The second-order valence-corrected chi connectivity index (χ2v) is 13.5. The summed E-state index contributed by atoms with van der Waals surface area (Å²) in [6, 6.07) is 9.58. The SMILES string of the molecule is CNC(=O)c1cc(Nc2nc(-c3cnc4c(c3)N(C3CC(N5CCCCC5)C3)C(=O)C4(C)O)cc3ncn(C(C)C)c23)ccc1Cl. The van der Waals surface area contributed by atoms with Gasteiger partial charge in [0.2, 0.25) is 0 Å². The Kier molecular flexibility index (Phi) is 7.73. The maximum Gasteiger partial charge on any atom is 0.265 e. The molecule has 1 aromatic carbocycles. The molecule has 0 spiro atoms. The summed E-state index contributed by atoms with van der Waals surface area (Å²) in [5, 5.41) is 17.7. The molecule has 11 nitrogen and oxygen atoms in total. The van der Waals surface area contributed by atoms with Crippen LogP contribution in [0.2, 0.25) is 5.02 Å². The fourth-order valence-electron chi connectivity index (χ4n) is 7.05. The molecule has 1 saturated carbocycles. The maximum absolute atomic E-state index is 13.6. The first-order valence-corrected chi connectivity index (χ1v) is 16.4. The Morgan fingerprint density at radius 2 is 1.85 bits per heavy atom. The largest absolute Gasteiger partial charge is 0.374 e. The second kappa shape index (κ2) is 11.6. The van der Waals surface area contributed by atoms with Crippen LogP contribution in [0.3, 0.4) is 0 Å². The number of carbonyl (C=O) groups is 2. The van der Waals surface area contributed by atoms with Crippen molar-refractivity contribution in [1.29, 1.82) is 0 Å². The summed E-state index contributed by atoms with van der Waals surface area (Å²) < 4.78 is 2.04. The number of nitrogens with one attached hydrogen (secondary N) is 2. The van der Waals surface area contributed by atoms with E-state index in [2.05, 4.69) is 34.4 Å². The molecule has 3 aliphatic rings. The van der Waals surface area contributed by atoms with Gasteiger partial charge >= 0.3 is 0 Å². The number of hydrogen-bond donors (Lipinski definition) is 3. The molecule has 0 radical (unpaired) electrons. The van der Waals surface area contributed by atoms with Gasteiger partial charge in [0, 0.05) is 42.6 Å². The van der Waals surface area contributed by atoms with Crippen molar-refractivity contribution in [3.8, 4) is 11.3 Å². The van der Waals surface area contributed by atoms with Crippen molar-refractivity contribution >= 4 is 51.6 Å². The Morgan fingerprint density at radius 3 is 2.57 bits per heavy atom. The van der Waals surface area contributed by atoms with E-state index in [0.717, 1.165) is 37.0 Å². The van der Waals surface area contributed by atoms with Gasteiger partial charge in [-0.3, -0.25) is 14.6 Å². The number of hydrogen-bond acceptors (Lipinski definition) is 8. The fraction of sp³-hybridized carbons (Fsp3) is 0.441. The lowest BCUT2D eigenvalue weighted by Gasteiger charge is -2.47. The van der Waals surface area contributed by atoms with E-state index >= 15 is 0 Å². The lowest BCUT2D eigenvalue weighted by atomic mass is 9.83. The van der Waals surface area contributed by atoms with Crippen LogP contribution in [0.1, 0.15) is 75.0 Å². The molecule has 2 fully saturated rings. The zero-order valence-corrected chi connectivity index (χ0v) is 27.3. The zero-order chi connectivity index (χ0) is 32.3. The van der Waals surface area contributed by atoms with Crippen LogP contribution in [0.5, 0.6) is 0 Å². The smallest absolute Gasteiger partial charge is 0.265 e. The van der Waals surface area contributed by atoms with Gasteiger partial charge < -0.3 is 30.1 Å². The van der Waals surface area contributed by atoms with Crippen molar-refractivity contribution in [2.75, 3.05) is 30.4 Å². The van der Waals surface area contributed by atoms with Gasteiger partial charge in [-0.1, -0.05) is 18.0 Å². The van der Waals surface area contributed by atoms with Crippen LogP contribution >= 0.6 is 11.6 Å². The topological polar surface area (TPSA) is 129 Å². The average molecular weight is 643 g/mol. The number of anilines is 3. The van der Waals surface area contributed by atoms with E-state index in [0.29, 0.717) is 50.8 Å². The fourth-order valence-corrected chi connectivity index (χ4v) is 7.25. The average Bonchev–Trinajstić information content (AvgIpc) is 3.55. The minimum absolute atomic E-state index is 0.0121. The van der Waals surface area contributed by atoms with Crippen molar-refractivity contribution < 1.29 is 14.7 Å². The van der Waals surface area contributed by atoms with Gasteiger partial charge in [0.05, 0.1) is 33.8 Å². The number of nitrogens with zero attached hydrogens (tertiary/aromatic N) is 6. The number of rotatable bonds is 7. The summed E-state index contributed by atoms with van der Waals surface area (Å²) in [6.45, 7) is 7.91. The first kappa shape index (κ1) is 30.6. The number of fused-ring (bicyclic) bond motifs is 2. The molecule has 1 unspecified atom stereocenters. The van der Waals surface area contributed by atoms with Gasteiger partial charge in [-0.05, 0) is 89.9 Å². The third-order valence-electron chi connectivity index (χ3n) is 9.69. The number of pyridine rings is 2. The molecule has 46 heavy (non-hydrogen) atoms. The Bertz CT molecular complexity index is 1840. The third kappa shape index (κ3) is 5.10. The highest BCUT2D eigenvalue weighted by molar-refractivity contribution is 6.34. The minimum atomic E-state index is -1.69. The summed E-state index contributed by atoms with van der Waals surface area (Å²) in [5.74, 6) is -0.0707. The molecule has 1 aliphatic carbocycles. The third-order valence-corrected chi connectivity index (χ3v) is 10.0. The van der Waals surface area contributed by atoms with Crippen LogP contribution in [0.4, 0.5) is 17.2 Å². The molecule has 0 bridgehead atoms. The molecule has 1 atom stereocenters. The number of likely N-dealkylation sites (tertiary alicyclic amines) is 1. The Hall–Kier alpha value is -4.06. The molecule has 2 aliphatic heterocycles. The molecule has 3 N–H and O–H groups in total. The summed E-state index contributed by atoms with van der Waals surface area (Å²) in [4.78, 5) is 44.8. The van der Waals surface area contributed by atoms with E-state index in [9.17, 15) is 14.7 Å². The molecule has 1 saturated heterocycles. The first-order valence-electron chi connectivity index (χ1n) is 16.0. The van der Waals surface area contributed by atoms with Crippen molar-refractivity contribution in [3.05, 3.63) is 59.1 Å². The van der Waals surface area contributed by atoms with E-state index in [4.69, 9.17) is 21.6 Å². The van der Waals surface area contributed by atoms with Crippen molar-refractivity contribution in [2.45, 2.75) is 76.6 Å². The van der Waals surface area contributed by atoms with Crippen LogP contribution in [0, 0.1) is 0 Å². The zero-order valence-electron chi connectivity index (χ0n) is 26.5. The quantitative estimate of drug-likeness (QED) is 0.244. The van der Waals surface area contributed by atoms with Crippen LogP contribution in [-0.2, 0) is 10.4 Å². The van der Waals surface area contributed by atoms with Crippen molar-refractivity contribution in [3.63, 3.8) is 0 Å². The molecular formula is C34H39ClN8O3. The molecule has 5 heterocycles. The van der Waals surface area contributed by atoms with Gasteiger partial charge in [0.25, 0.3) is 11.8 Å². The van der Waals surface area contributed by atoms with Crippen LogP contribution in [0.15, 0.2) is 42.9 Å². The monoisotopic (exact) mass is 642 g/mol. The summed E-state index contributed by atoms with van der Waals surface area (Å²) in [6.07, 6.45) is 8.96. The van der Waals surface area contributed by atoms with Crippen molar-refractivity contribution in [1.82, 2.24) is 29.7 Å². The standard InChI is InChI=1S/C34H39ClN8O3/c1-19(2)42-18-38-27-16-26(40-31(29(27)42)39-21-8-9-25(35)24(13-21)32(44)36-4)20-12-28-30(37-17-20)34(3,46)33(45)43(28)23-14-22(15-23)41-10-6-5-7-11-41/h8-9,12-13,16-19,22-23,46H,5-7,10-11,14-15H2,1-4H3,(H,36,44)(H,39,40). The number of piperidine rings is 1. The van der Waals surface area contributed by atoms with E-state index in [1.54, 1.807) is 42.7 Å². The van der Waals surface area contributed by atoms with E-state index in [1.165, 1.54) is 26.2 Å². The number of benzene rings is 1.